The van der Waals surface area contributed by atoms with E-state index in [-0.39, 0.29) is 30.9 Å². The fraction of sp³-hybridized carbons (Fsp3) is 0.857. The number of nitrogens with zero attached hydrogens (tertiary/aromatic N) is 2. The molecule has 2 amide bonds. The average molecular weight is 269 g/mol. The van der Waals surface area contributed by atoms with Crippen LogP contribution in [0.25, 0.3) is 0 Å². The Morgan fingerprint density at radius 2 is 1.68 bits per heavy atom. The lowest BCUT2D eigenvalue weighted by molar-refractivity contribution is -0.150. The summed E-state index contributed by atoms with van der Waals surface area (Å²) < 4.78 is 0. The minimum atomic E-state index is 0.0739. The highest BCUT2D eigenvalue weighted by molar-refractivity contribution is 5.92. The summed E-state index contributed by atoms with van der Waals surface area (Å²) in [5.74, 6) is 0.150. The molecule has 0 aliphatic carbocycles. The molecule has 1 heterocycles. The van der Waals surface area contributed by atoms with Crippen LogP contribution in [0.15, 0.2) is 0 Å². The van der Waals surface area contributed by atoms with Gasteiger partial charge in [0.25, 0.3) is 0 Å². The van der Waals surface area contributed by atoms with E-state index in [1.165, 1.54) is 0 Å². The van der Waals surface area contributed by atoms with Gasteiger partial charge in [-0.05, 0) is 25.8 Å². The molecule has 1 aliphatic rings. The van der Waals surface area contributed by atoms with Gasteiger partial charge in [-0.2, -0.15) is 0 Å². The molecular formula is C14H27N3O2. The van der Waals surface area contributed by atoms with Crippen LogP contribution in [-0.2, 0) is 9.59 Å². The minimum Gasteiger partial charge on any atom is -0.332 e. The van der Waals surface area contributed by atoms with Crippen LogP contribution in [0.1, 0.15) is 40.0 Å². The fourth-order valence-electron chi connectivity index (χ4n) is 2.30. The summed E-state index contributed by atoms with van der Waals surface area (Å²) in [5.41, 5.74) is 0. The maximum Gasteiger partial charge on any atom is 0.242 e. The molecule has 0 bridgehead atoms. The fourth-order valence-corrected chi connectivity index (χ4v) is 2.30. The van der Waals surface area contributed by atoms with Crippen LogP contribution in [0.2, 0.25) is 0 Å². The summed E-state index contributed by atoms with van der Waals surface area (Å²) in [6, 6.07) is 0.287. The van der Waals surface area contributed by atoms with Crippen molar-refractivity contribution in [2.24, 2.45) is 0 Å². The Balaban J connectivity index is 2.50. The first-order chi connectivity index (χ1) is 9.12. The van der Waals surface area contributed by atoms with Crippen LogP contribution < -0.4 is 5.32 Å². The van der Waals surface area contributed by atoms with Gasteiger partial charge in [-0.15, -0.1) is 0 Å². The number of piperazine rings is 1. The molecule has 0 saturated carbocycles. The second kappa shape index (κ2) is 8.15. The van der Waals surface area contributed by atoms with Gasteiger partial charge in [0.05, 0.1) is 13.1 Å². The molecule has 5 nitrogen and oxygen atoms in total. The minimum absolute atomic E-state index is 0.0739. The van der Waals surface area contributed by atoms with E-state index in [0.717, 1.165) is 25.8 Å². The Morgan fingerprint density at radius 1 is 1.05 bits per heavy atom. The molecule has 1 N–H and O–H groups in total. The Hall–Kier alpha value is -1.10. The molecule has 5 heteroatoms. The van der Waals surface area contributed by atoms with Gasteiger partial charge in [-0.25, -0.2) is 0 Å². The van der Waals surface area contributed by atoms with Gasteiger partial charge in [0.15, 0.2) is 0 Å². The van der Waals surface area contributed by atoms with Crippen LogP contribution in [0, 0.1) is 0 Å². The summed E-state index contributed by atoms with van der Waals surface area (Å²) in [5, 5.41) is 3.42. The zero-order chi connectivity index (χ0) is 14.3. The van der Waals surface area contributed by atoms with Gasteiger partial charge in [-0.3, -0.25) is 9.59 Å². The van der Waals surface area contributed by atoms with Crippen LogP contribution in [0.4, 0.5) is 0 Å². The van der Waals surface area contributed by atoms with Crippen molar-refractivity contribution in [1.29, 1.82) is 0 Å². The van der Waals surface area contributed by atoms with Crippen LogP contribution in [0.3, 0.4) is 0 Å². The van der Waals surface area contributed by atoms with Crippen molar-refractivity contribution >= 4 is 11.8 Å². The zero-order valence-electron chi connectivity index (χ0n) is 12.4. The molecule has 19 heavy (non-hydrogen) atoms. The Kier molecular flexibility index (Phi) is 6.84. The largest absolute Gasteiger partial charge is 0.332 e. The molecule has 1 rings (SSSR count). The molecule has 1 aliphatic heterocycles. The number of hydrogen-bond donors (Lipinski definition) is 1. The molecule has 1 unspecified atom stereocenters. The first kappa shape index (κ1) is 16.0. The number of carbonyl (C=O) groups excluding carboxylic acids is 2. The third kappa shape index (κ3) is 4.82. The standard InChI is InChI=1S/C14H27N3O2/c1-4-7-15-12(6-3)9-17-11-13(18)16(8-5-2)10-14(17)19/h12,15H,4-11H2,1-3H3. The van der Waals surface area contributed by atoms with E-state index in [2.05, 4.69) is 19.2 Å². The summed E-state index contributed by atoms with van der Waals surface area (Å²) in [6.07, 6.45) is 2.94. The van der Waals surface area contributed by atoms with Crippen molar-refractivity contribution in [2.45, 2.75) is 46.1 Å². The predicted octanol–water partition coefficient (Wildman–Crippen LogP) is 0.845. The molecule has 0 aromatic carbocycles. The highest BCUT2D eigenvalue weighted by Gasteiger charge is 2.30. The Bertz CT molecular complexity index is 307. The van der Waals surface area contributed by atoms with Gasteiger partial charge in [0.2, 0.25) is 11.8 Å². The second-order valence-corrected chi connectivity index (χ2v) is 5.15. The summed E-state index contributed by atoms with van der Waals surface area (Å²) >= 11 is 0. The van der Waals surface area contributed by atoms with Crippen LogP contribution >= 0.6 is 0 Å². The second-order valence-electron chi connectivity index (χ2n) is 5.15. The lowest BCUT2D eigenvalue weighted by Crippen LogP contribution is -2.56. The molecule has 0 radical (unpaired) electrons. The Morgan fingerprint density at radius 3 is 2.26 bits per heavy atom. The maximum atomic E-state index is 12.1. The van der Waals surface area contributed by atoms with Crippen molar-refractivity contribution < 1.29 is 9.59 Å². The predicted molar refractivity (Wildman–Crippen MR) is 75.8 cm³/mol. The van der Waals surface area contributed by atoms with E-state index in [9.17, 15) is 9.59 Å². The monoisotopic (exact) mass is 269 g/mol. The number of nitrogens with one attached hydrogen (secondary N) is 1. The van der Waals surface area contributed by atoms with E-state index >= 15 is 0 Å². The van der Waals surface area contributed by atoms with E-state index in [1.54, 1.807) is 9.80 Å². The molecule has 0 aromatic heterocycles. The van der Waals surface area contributed by atoms with Crippen molar-refractivity contribution in [3.63, 3.8) is 0 Å². The zero-order valence-corrected chi connectivity index (χ0v) is 12.4. The normalized spacial score (nSPS) is 18.1. The SMILES string of the molecule is CCCNC(CC)CN1CC(=O)N(CCC)CC1=O. The molecule has 1 atom stereocenters. The van der Waals surface area contributed by atoms with Crippen molar-refractivity contribution in [2.75, 3.05) is 32.7 Å². The van der Waals surface area contributed by atoms with Gasteiger partial charge in [0.1, 0.15) is 0 Å². The van der Waals surface area contributed by atoms with E-state index < -0.39 is 0 Å². The van der Waals surface area contributed by atoms with E-state index in [1.807, 2.05) is 6.92 Å². The van der Waals surface area contributed by atoms with E-state index in [0.29, 0.717) is 13.1 Å². The third-order valence-electron chi connectivity index (χ3n) is 3.47. The van der Waals surface area contributed by atoms with Crippen molar-refractivity contribution in [3.05, 3.63) is 0 Å². The maximum absolute atomic E-state index is 12.1. The molecule has 110 valence electrons. The quantitative estimate of drug-likeness (QED) is 0.710. The first-order valence-corrected chi connectivity index (χ1v) is 7.41. The van der Waals surface area contributed by atoms with Crippen molar-refractivity contribution in [1.82, 2.24) is 15.1 Å². The number of hydrogen-bond acceptors (Lipinski definition) is 3. The van der Waals surface area contributed by atoms with Crippen LogP contribution in [-0.4, -0.2) is 60.4 Å². The Labute approximate surface area is 116 Å². The van der Waals surface area contributed by atoms with E-state index in [4.69, 9.17) is 0 Å². The van der Waals surface area contributed by atoms with Crippen LogP contribution in [0.5, 0.6) is 0 Å². The topological polar surface area (TPSA) is 52.7 Å². The summed E-state index contributed by atoms with van der Waals surface area (Å²) in [7, 11) is 0. The molecule has 0 spiro atoms. The lowest BCUT2D eigenvalue weighted by atomic mass is 10.1. The number of carbonyl (C=O) groups is 2. The average Bonchev–Trinajstić information content (AvgIpc) is 2.40. The lowest BCUT2D eigenvalue weighted by Gasteiger charge is -2.35. The molecule has 1 saturated heterocycles. The number of amides is 2. The summed E-state index contributed by atoms with van der Waals surface area (Å²) in [4.78, 5) is 27.4. The number of rotatable bonds is 8. The van der Waals surface area contributed by atoms with Gasteiger partial charge < -0.3 is 15.1 Å². The van der Waals surface area contributed by atoms with Crippen molar-refractivity contribution in [3.8, 4) is 0 Å². The van der Waals surface area contributed by atoms with Gasteiger partial charge in [-0.1, -0.05) is 20.8 Å². The molecule has 1 fully saturated rings. The summed E-state index contributed by atoms with van der Waals surface area (Å²) in [6.45, 7) is 9.01. The smallest absolute Gasteiger partial charge is 0.242 e. The molecular weight excluding hydrogens is 242 g/mol. The molecule has 0 aromatic rings. The highest BCUT2D eigenvalue weighted by atomic mass is 16.2. The first-order valence-electron chi connectivity index (χ1n) is 7.41. The highest BCUT2D eigenvalue weighted by Crippen LogP contribution is 2.07. The van der Waals surface area contributed by atoms with Gasteiger partial charge >= 0.3 is 0 Å². The third-order valence-corrected chi connectivity index (χ3v) is 3.47. The van der Waals surface area contributed by atoms with Gasteiger partial charge in [0, 0.05) is 19.1 Å².